The van der Waals surface area contributed by atoms with E-state index >= 15 is 0 Å². The number of nitrogens with two attached hydrogens (primary N) is 1. The molecule has 0 saturated heterocycles. The first-order valence-corrected chi connectivity index (χ1v) is 8.80. The Kier molecular flexibility index (Phi) is 5.22. The highest BCUT2D eigenvalue weighted by molar-refractivity contribution is 5.71. The normalized spacial score (nSPS) is 23.0. The van der Waals surface area contributed by atoms with Crippen molar-refractivity contribution in [3.8, 4) is 11.6 Å². The lowest BCUT2D eigenvalue weighted by molar-refractivity contribution is -0.137. The molecule has 3 heterocycles. The first-order chi connectivity index (χ1) is 13.0. The number of halogens is 4. The third-order valence-corrected chi connectivity index (χ3v) is 4.58. The maximum absolute atomic E-state index is 14.2. The summed E-state index contributed by atoms with van der Waals surface area (Å²) in [6, 6.07) is 0.741. The number of fused-ring (bicyclic) bond motifs is 5. The average Bonchev–Trinajstić information content (AvgIpc) is 3.07. The van der Waals surface area contributed by atoms with Crippen LogP contribution in [0.2, 0.25) is 0 Å². The molecule has 0 aromatic carbocycles. The summed E-state index contributed by atoms with van der Waals surface area (Å²) in [5, 5.41) is 20.1. The van der Waals surface area contributed by atoms with Crippen LogP contribution in [-0.2, 0) is 6.18 Å². The number of anilines is 2. The summed E-state index contributed by atoms with van der Waals surface area (Å²) < 4.78 is 59.9. The van der Waals surface area contributed by atoms with Gasteiger partial charge in [-0.15, -0.1) is 10.2 Å². The summed E-state index contributed by atoms with van der Waals surface area (Å²) in [6.45, 7) is 3.45. The standard InChI is InChI=1S/C17H21F4N5O2/c1-16(2)6-4-3-5-9(18)12(27)15-26-25-14(28-15)11-10(22)7-8(17(19,20)21)13(23-11)24-16/h7,9,12,27H,3-6,22H2,1-2H3,(H,23,24). The molecule has 28 heavy (non-hydrogen) atoms. The fraction of sp³-hybridized carbons (Fsp3) is 0.588. The molecule has 0 radical (unpaired) electrons. The number of hydrogen-bond donors (Lipinski definition) is 3. The molecule has 3 rings (SSSR count). The summed E-state index contributed by atoms with van der Waals surface area (Å²) in [4.78, 5) is 3.98. The molecule has 1 aliphatic heterocycles. The molecule has 1 aliphatic rings. The van der Waals surface area contributed by atoms with E-state index in [1.807, 2.05) is 0 Å². The van der Waals surface area contributed by atoms with Gasteiger partial charge in [0.2, 0.25) is 5.89 Å². The van der Waals surface area contributed by atoms with Gasteiger partial charge in [-0.3, -0.25) is 0 Å². The van der Waals surface area contributed by atoms with E-state index in [-0.39, 0.29) is 29.6 Å². The Bertz CT molecular complexity index is 853. The van der Waals surface area contributed by atoms with Crippen molar-refractivity contribution in [2.24, 2.45) is 0 Å². The number of aromatic nitrogens is 3. The van der Waals surface area contributed by atoms with Crippen LogP contribution >= 0.6 is 0 Å². The summed E-state index contributed by atoms with van der Waals surface area (Å²) in [5.41, 5.74) is 3.47. The number of nitrogen functional groups attached to an aromatic ring is 1. The van der Waals surface area contributed by atoms with E-state index in [1.165, 1.54) is 0 Å². The van der Waals surface area contributed by atoms with Gasteiger partial charge in [-0.1, -0.05) is 12.8 Å². The second-order valence-corrected chi connectivity index (χ2v) is 7.48. The number of nitrogens with zero attached hydrogens (tertiary/aromatic N) is 3. The van der Waals surface area contributed by atoms with Gasteiger partial charge in [-0.25, -0.2) is 9.37 Å². The topological polar surface area (TPSA) is 110 Å². The van der Waals surface area contributed by atoms with Crippen molar-refractivity contribution in [1.29, 1.82) is 0 Å². The Morgan fingerprint density at radius 1 is 1.29 bits per heavy atom. The van der Waals surface area contributed by atoms with Crippen LogP contribution in [0.3, 0.4) is 0 Å². The molecule has 0 spiro atoms. The zero-order valence-corrected chi connectivity index (χ0v) is 15.3. The number of alkyl halides is 4. The summed E-state index contributed by atoms with van der Waals surface area (Å²) >= 11 is 0. The zero-order valence-electron chi connectivity index (χ0n) is 15.3. The van der Waals surface area contributed by atoms with E-state index in [1.54, 1.807) is 13.8 Å². The molecule has 7 nitrogen and oxygen atoms in total. The Morgan fingerprint density at radius 3 is 2.68 bits per heavy atom. The Balaban J connectivity index is 2.15. The van der Waals surface area contributed by atoms with Crippen molar-refractivity contribution >= 4 is 11.5 Å². The molecule has 2 aromatic rings. The third-order valence-electron chi connectivity index (χ3n) is 4.58. The summed E-state index contributed by atoms with van der Waals surface area (Å²) in [6.07, 6.45) is -6.45. The van der Waals surface area contributed by atoms with Gasteiger partial charge in [0.15, 0.2) is 11.8 Å². The molecule has 4 bridgehead atoms. The van der Waals surface area contributed by atoms with E-state index in [0.29, 0.717) is 19.3 Å². The fourth-order valence-electron chi connectivity index (χ4n) is 3.06. The minimum absolute atomic E-state index is 0.0500. The van der Waals surface area contributed by atoms with Gasteiger partial charge in [0, 0.05) is 5.54 Å². The molecule has 0 saturated carbocycles. The second kappa shape index (κ2) is 7.19. The Hall–Kier alpha value is -2.43. The van der Waals surface area contributed by atoms with Crippen molar-refractivity contribution in [2.75, 3.05) is 11.1 Å². The van der Waals surface area contributed by atoms with Gasteiger partial charge in [0.05, 0.1) is 11.3 Å². The maximum Gasteiger partial charge on any atom is 0.420 e. The molecule has 0 amide bonds. The lowest BCUT2D eigenvalue weighted by Crippen LogP contribution is -2.32. The molecule has 154 valence electrons. The first kappa shape index (κ1) is 20.3. The lowest BCUT2D eigenvalue weighted by atomic mass is 9.95. The van der Waals surface area contributed by atoms with E-state index in [0.717, 1.165) is 6.07 Å². The van der Waals surface area contributed by atoms with Gasteiger partial charge in [0.1, 0.15) is 12.0 Å². The molecule has 4 N–H and O–H groups in total. The van der Waals surface area contributed by atoms with Crippen LogP contribution in [-0.4, -0.2) is 32.0 Å². The van der Waals surface area contributed by atoms with Crippen molar-refractivity contribution in [3.05, 3.63) is 17.5 Å². The van der Waals surface area contributed by atoms with Crippen LogP contribution in [0.5, 0.6) is 0 Å². The zero-order chi connectivity index (χ0) is 20.7. The number of aliphatic hydroxyl groups is 1. The molecule has 2 atom stereocenters. The highest BCUT2D eigenvalue weighted by Gasteiger charge is 2.37. The van der Waals surface area contributed by atoms with Gasteiger partial charge < -0.3 is 20.6 Å². The van der Waals surface area contributed by atoms with Crippen molar-refractivity contribution in [3.63, 3.8) is 0 Å². The number of pyridine rings is 1. The molecule has 0 fully saturated rings. The summed E-state index contributed by atoms with van der Waals surface area (Å²) in [7, 11) is 0. The molecule has 11 heteroatoms. The van der Waals surface area contributed by atoms with Crippen LogP contribution in [0.15, 0.2) is 10.5 Å². The Labute approximate surface area is 158 Å². The quantitative estimate of drug-likeness (QED) is 0.573. The lowest BCUT2D eigenvalue weighted by Gasteiger charge is -2.29. The van der Waals surface area contributed by atoms with E-state index in [2.05, 4.69) is 20.5 Å². The Morgan fingerprint density at radius 2 is 2.00 bits per heavy atom. The van der Waals surface area contributed by atoms with Gasteiger partial charge in [-0.05, 0) is 32.8 Å². The number of aliphatic hydroxyl groups excluding tert-OH is 1. The monoisotopic (exact) mass is 403 g/mol. The fourth-order valence-corrected chi connectivity index (χ4v) is 3.06. The summed E-state index contributed by atoms with van der Waals surface area (Å²) in [5.74, 6) is -1.09. The van der Waals surface area contributed by atoms with E-state index in [4.69, 9.17) is 10.2 Å². The molecular weight excluding hydrogens is 382 g/mol. The van der Waals surface area contributed by atoms with Crippen molar-refractivity contribution in [2.45, 2.75) is 63.5 Å². The second-order valence-electron chi connectivity index (χ2n) is 7.48. The SMILES string of the molecule is CC1(C)CCCCC(F)C(O)c2nnc(o2)-c2nc(c(C(F)(F)F)cc2N)N1. The van der Waals surface area contributed by atoms with Crippen LogP contribution < -0.4 is 11.1 Å². The van der Waals surface area contributed by atoms with E-state index in [9.17, 15) is 22.7 Å². The van der Waals surface area contributed by atoms with Crippen molar-refractivity contribution < 1.29 is 27.1 Å². The minimum atomic E-state index is -4.68. The number of rotatable bonds is 0. The average molecular weight is 403 g/mol. The minimum Gasteiger partial charge on any atom is -0.416 e. The van der Waals surface area contributed by atoms with Crippen LogP contribution in [0.4, 0.5) is 29.1 Å². The van der Waals surface area contributed by atoms with Gasteiger partial charge >= 0.3 is 6.18 Å². The van der Waals surface area contributed by atoms with E-state index < -0.39 is 35.4 Å². The maximum atomic E-state index is 14.2. The number of hydrogen-bond acceptors (Lipinski definition) is 7. The highest BCUT2D eigenvalue weighted by atomic mass is 19.4. The largest absolute Gasteiger partial charge is 0.420 e. The smallest absolute Gasteiger partial charge is 0.416 e. The number of nitrogens with one attached hydrogen (secondary N) is 1. The third kappa shape index (κ3) is 4.18. The van der Waals surface area contributed by atoms with Gasteiger partial charge in [0.25, 0.3) is 5.89 Å². The van der Waals surface area contributed by atoms with Crippen LogP contribution in [0.1, 0.15) is 57.1 Å². The first-order valence-electron chi connectivity index (χ1n) is 8.80. The molecule has 0 aliphatic carbocycles. The predicted octanol–water partition coefficient (Wildman–Crippen LogP) is 3.87. The van der Waals surface area contributed by atoms with Crippen molar-refractivity contribution in [1.82, 2.24) is 15.2 Å². The molecule has 2 aromatic heterocycles. The predicted molar refractivity (Wildman–Crippen MR) is 93.0 cm³/mol. The molecule has 2 unspecified atom stereocenters. The van der Waals surface area contributed by atoms with Gasteiger partial charge in [-0.2, -0.15) is 13.2 Å². The van der Waals surface area contributed by atoms with Crippen LogP contribution in [0.25, 0.3) is 11.6 Å². The van der Waals surface area contributed by atoms with Crippen LogP contribution in [0, 0.1) is 0 Å². The molecular formula is C17H21F4N5O2. The highest BCUT2D eigenvalue weighted by Crippen LogP contribution is 2.39.